The lowest BCUT2D eigenvalue weighted by molar-refractivity contribution is -0.254. The third kappa shape index (κ3) is 7.70. The minimum Gasteiger partial charge on any atom is -0.463 e. The highest BCUT2D eigenvalue weighted by molar-refractivity contribution is 5.69. The Morgan fingerprint density at radius 2 is 1.39 bits per heavy atom. The van der Waals surface area contributed by atoms with E-state index >= 15 is 0 Å². The zero-order valence-corrected chi connectivity index (χ0v) is 23.5. The Morgan fingerprint density at radius 1 is 0.805 bits per heavy atom. The molecule has 216 valence electrons. The van der Waals surface area contributed by atoms with Crippen molar-refractivity contribution < 1.29 is 42.9 Å². The molecule has 2 aromatic carbocycles. The van der Waals surface area contributed by atoms with Crippen LogP contribution < -0.4 is 0 Å². The van der Waals surface area contributed by atoms with Crippen molar-refractivity contribution in [1.29, 1.82) is 5.26 Å². The van der Waals surface area contributed by atoms with Gasteiger partial charge in [-0.2, -0.15) is 5.26 Å². The molecule has 1 aliphatic heterocycles. The quantitative estimate of drug-likeness (QED) is 0.327. The third-order valence-corrected chi connectivity index (χ3v) is 6.99. The van der Waals surface area contributed by atoms with E-state index in [9.17, 15) is 24.4 Å². The number of rotatable bonds is 9. The van der Waals surface area contributed by atoms with Crippen LogP contribution in [0, 0.1) is 11.3 Å². The molecule has 2 aromatic rings. The summed E-state index contributed by atoms with van der Waals surface area (Å²) < 4.78 is 28.1. The SMILES string of the molecule is CC(=O)OC[C@H]1O[C@@H](c2ccc(C#N)c(Cc3ccc(C4CC4)cc3)c2)[C@H](OC(C)=O)[C@@H](OC(C)=O)[C@@H]1OC(C)=O. The number of esters is 4. The monoisotopic (exact) mass is 563 g/mol. The molecular weight excluding hydrogens is 530 g/mol. The van der Waals surface area contributed by atoms with Crippen LogP contribution in [0.25, 0.3) is 0 Å². The summed E-state index contributed by atoms with van der Waals surface area (Å²) in [7, 11) is 0. The van der Waals surface area contributed by atoms with Crippen LogP contribution in [-0.4, -0.2) is 54.9 Å². The molecular formula is C31H33NO9. The molecule has 10 nitrogen and oxygen atoms in total. The molecule has 10 heteroatoms. The molecule has 0 bridgehead atoms. The van der Waals surface area contributed by atoms with E-state index in [4.69, 9.17) is 23.7 Å². The lowest BCUT2D eigenvalue weighted by Gasteiger charge is -2.44. The van der Waals surface area contributed by atoms with E-state index in [1.54, 1.807) is 18.2 Å². The number of carbonyl (C=O) groups excluding carboxylic acids is 4. The molecule has 5 atom stereocenters. The molecule has 1 heterocycles. The molecule has 2 fully saturated rings. The van der Waals surface area contributed by atoms with Crippen molar-refractivity contribution in [3.63, 3.8) is 0 Å². The van der Waals surface area contributed by atoms with E-state index in [1.807, 2.05) is 0 Å². The van der Waals surface area contributed by atoms with Gasteiger partial charge in [0.2, 0.25) is 0 Å². The second kappa shape index (κ2) is 13.0. The molecule has 0 N–H and O–H groups in total. The lowest BCUT2D eigenvalue weighted by atomic mass is 9.88. The third-order valence-electron chi connectivity index (χ3n) is 6.99. The average Bonchev–Trinajstić information content (AvgIpc) is 3.75. The van der Waals surface area contributed by atoms with Gasteiger partial charge >= 0.3 is 23.9 Å². The van der Waals surface area contributed by atoms with Gasteiger partial charge < -0.3 is 23.7 Å². The van der Waals surface area contributed by atoms with Crippen molar-refractivity contribution in [3.05, 3.63) is 70.3 Å². The van der Waals surface area contributed by atoms with Gasteiger partial charge in [-0.15, -0.1) is 0 Å². The Balaban J connectivity index is 1.73. The summed E-state index contributed by atoms with van der Waals surface area (Å²) in [4.78, 5) is 47.9. The van der Waals surface area contributed by atoms with E-state index in [2.05, 4.69) is 30.3 Å². The van der Waals surface area contributed by atoms with Crippen LogP contribution in [0.1, 0.15) is 80.4 Å². The van der Waals surface area contributed by atoms with Gasteiger partial charge in [-0.05, 0) is 53.5 Å². The van der Waals surface area contributed by atoms with Crippen LogP contribution in [0.15, 0.2) is 42.5 Å². The molecule has 1 aliphatic carbocycles. The Kier molecular flexibility index (Phi) is 9.40. The topological polar surface area (TPSA) is 138 Å². The predicted molar refractivity (Wildman–Crippen MR) is 143 cm³/mol. The van der Waals surface area contributed by atoms with E-state index in [-0.39, 0.29) is 6.61 Å². The molecule has 0 amide bonds. The molecule has 0 spiro atoms. The molecule has 4 rings (SSSR count). The minimum atomic E-state index is -1.27. The maximum atomic E-state index is 12.2. The highest BCUT2D eigenvalue weighted by Gasteiger charge is 2.52. The first-order valence-corrected chi connectivity index (χ1v) is 13.5. The summed E-state index contributed by atoms with van der Waals surface area (Å²) in [5.41, 5.74) is 4.04. The van der Waals surface area contributed by atoms with Crippen LogP contribution in [0.3, 0.4) is 0 Å². The van der Waals surface area contributed by atoms with Gasteiger partial charge in [-0.1, -0.05) is 36.4 Å². The van der Waals surface area contributed by atoms with Gasteiger partial charge in [0.1, 0.15) is 18.8 Å². The summed E-state index contributed by atoms with van der Waals surface area (Å²) in [5.74, 6) is -2.04. The Labute approximate surface area is 238 Å². The zero-order chi connectivity index (χ0) is 29.7. The fourth-order valence-electron chi connectivity index (χ4n) is 5.09. The van der Waals surface area contributed by atoms with Crippen LogP contribution in [-0.2, 0) is 49.3 Å². The summed E-state index contributed by atoms with van der Waals surface area (Å²) in [6.45, 7) is 4.45. The molecule has 41 heavy (non-hydrogen) atoms. The maximum Gasteiger partial charge on any atom is 0.303 e. The van der Waals surface area contributed by atoms with E-state index < -0.39 is 54.4 Å². The number of nitriles is 1. The molecule has 1 saturated carbocycles. The van der Waals surface area contributed by atoms with Crippen molar-refractivity contribution in [3.8, 4) is 6.07 Å². The number of benzene rings is 2. The van der Waals surface area contributed by atoms with Crippen molar-refractivity contribution in [2.75, 3.05) is 6.61 Å². The standard InChI is InChI=1S/C31H33NO9/c1-17(33)37-16-27-29(38-18(2)34)31(40-20(4)36)30(39-19(3)35)28(41-27)24-11-12-25(15-32)26(14-24)13-21-5-7-22(8-6-21)23-9-10-23/h5-8,11-12,14,23,27-31H,9-10,13,16H2,1-4H3/t27-,28+,29-,30+,31+/m1/s1. The highest BCUT2D eigenvalue weighted by Crippen LogP contribution is 2.40. The minimum absolute atomic E-state index is 0.315. The van der Waals surface area contributed by atoms with Crippen molar-refractivity contribution in [2.45, 2.75) is 83.4 Å². The number of nitrogens with zero attached hydrogens (tertiary/aromatic N) is 1. The first kappa shape index (κ1) is 29.7. The molecule has 2 aliphatic rings. The largest absolute Gasteiger partial charge is 0.463 e. The number of hydrogen-bond donors (Lipinski definition) is 0. The van der Waals surface area contributed by atoms with Gasteiger partial charge in [0.15, 0.2) is 18.3 Å². The highest BCUT2D eigenvalue weighted by atomic mass is 16.7. The van der Waals surface area contributed by atoms with Gasteiger partial charge in [-0.3, -0.25) is 19.2 Å². The van der Waals surface area contributed by atoms with Crippen molar-refractivity contribution in [1.82, 2.24) is 0 Å². The van der Waals surface area contributed by atoms with Crippen LogP contribution in [0.5, 0.6) is 0 Å². The van der Waals surface area contributed by atoms with Crippen LogP contribution >= 0.6 is 0 Å². The fraction of sp³-hybridized carbons (Fsp3) is 0.452. The first-order valence-electron chi connectivity index (χ1n) is 13.5. The fourth-order valence-corrected chi connectivity index (χ4v) is 5.09. The maximum absolute atomic E-state index is 12.2. The summed E-state index contributed by atoms with van der Waals surface area (Å²) >= 11 is 0. The summed E-state index contributed by atoms with van der Waals surface area (Å²) in [6, 6.07) is 15.7. The molecule has 0 aromatic heterocycles. The van der Waals surface area contributed by atoms with E-state index in [0.29, 0.717) is 23.5 Å². The number of hydrogen-bond acceptors (Lipinski definition) is 10. The van der Waals surface area contributed by atoms with Crippen molar-refractivity contribution >= 4 is 23.9 Å². The smallest absolute Gasteiger partial charge is 0.303 e. The second-order valence-electron chi connectivity index (χ2n) is 10.3. The number of carbonyl (C=O) groups is 4. The lowest BCUT2D eigenvalue weighted by Crippen LogP contribution is -2.59. The molecule has 0 radical (unpaired) electrons. The van der Waals surface area contributed by atoms with Crippen molar-refractivity contribution in [2.24, 2.45) is 0 Å². The molecule has 1 saturated heterocycles. The average molecular weight is 564 g/mol. The van der Waals surface area contributed by atoms with E-state index in [0.717, 1.165) is 11.1 Å². The number of ether oxygens (including phenoxy) is 5. The van der Waals surface area contributed by atoms with Crippen LogP contribution in [0.2, 0.25) is 0 Å². The van der Waals surface area contributed by atoms with E-state index in [1.165, 1.54) is 46.1 Å². The summed E-state index contributed by atoms with van der Waals surface area (Å²) in [6.07, 6.45) is -2.92. The first-order chi connectivity index (χ1) is 19.5. The second-order valence-corrected chi connectivity index (χ2v) is 10.3. The van der Waals surface area contributed by atoms with Gasteiger partial charge in [0.05, 0.1) is 11.6 Å². The Hall–Kier alpha value is -4.23. The van der Waals surface area contributed by atoms with Gasteiger partial charge in [0, 0.05) is 27.7 Å². The van der Waals surface area contributed by atoms with Gasteiger partial charge in [0.25, 0.3) is 0 Å². The zero-order valence-electron chi connectivity index (χ0n) is 23.5. The molecule has 0 unspecified atom stereocenters. The van der Waals surface area contributed by atoms with Crippen LogP contribution in [0.4, 0.5) is 0 Å². The summed E-state index contributed by atoms with van der Waals surface area (Å²) in [5, 5.41) is 9.81. The predicted octanol–water partition coefficient (Wildman–Crippen LogP) is 3.82. The normalized spacial score (nSPS) is 23.5. The Bertz CT molecular complexity index is 1340. The van der Waals surface area contributed by atoms with Gasteiger partial charge in [-0.25, -0.2) is 0 Å². The Morgan fingerprint density at radius 3 is 1.95 bits per heavy atom.